The minimum Gasteiger partial charge on any atom is -0.378 e. The third-order valence-electron chi connectivity index (χ3n) is 2.17. The van der Waals surface area contributed by atoms with Crippen molar-refractivity contribution in [1.29, 1.82) is 0 Å². The molecular formula is C10H9NOS. The van der Waals surface area contributed by atoms with Gasteiger partial charge in [-0.15, -0.1) is 0 Å². The van der Waals surface area contributed by atoms with E-state index in [1.165, 1.54) is 0 Å². The number of benzene rings is 1. The fraction of sp³-hybridized carbons (Fsp3) is 0.200. The second-order valence-corrected chi connectivity index (χ2v) is 3.47. The molecule has 1 heterocycles. The summed E-state index contributed by atoms with van der Waals surface area (Å²) in [6.07, 6.45) is 0. The molecule has 1 N–H and O–H groups in total. The monoisotopic (exact) mass is 191 g/mol. The first-order valence-electron chi connectivity index (χ1n) is 4.16. The number of rotatable bonds is 2. The quantitative estimate of drug-likeness (QED) is 0.566. The van der Waals surface area contributed by atoms with Gasteiger partial charge in [0.25, 0.3) is 0 Å². The maximum Gasteiger partial charge on any atom is 0.174 e. The van der Waals surface area contributed by atoms with Crippen LogP contribution in [0.5, 0.6) is 0 Å². The third kappa shape index (κ3) is 1.47. The van der Waals surface area contributed by atoms with Gasteiger partial charge in [-0.1, -0.05) is 42.5 Å². The predicted molar refractivity (Wildman–Crippen MR) is 54.9 cm³/mol. The Morgan fingerprint density at radius 2 is 2.08 bits per heavy atom. The second kappa shape index (κ2) is 3.26. The normalized spacial score (nSPS) is 20.3. The molecule has 1 aliphatic rings. The molecule has 1 unspecified atom stereocenters. The molecule has 0 bridgehead atoms. The fourth-order valence-corrected chi connectivity index (χ4v) is 1.58. The third-order valence-corrected chi connectivity index (χ3v) is 2.60. The summed E-state index contributed by atoms with van der Waals surface area (Å²) in [7, 11) is 0. The van der Waals surface area contributed by atoms with Gasteiger partial charge in [0.2, 0.25) is 0 Å². The van der Waals surface area contributed by atoms with Crippen LogP contribution in [0.4, 0.5) is 0 Å². The van der Waals surface area contributed by atoms with E-state index in [2.05, 4.69) is 5.32 Å². The van der Waals surface area contributed by atoms with Crippen LogP contribution in [0, 0.1) is 5.92 Å². The van der Waals surface area contributed by atoms with Gasteiger partial charge in [0.15, 0.2) is 5.78 Å². The van der Waals surface area contributed by atoms with E-state index in [9.17, 15) is 4.79 Å². The molecule has 2 nitrogen and oxygen atoms in total. The topological polar surface area (TPSA) is 29.1 Å². The van der Waals surface area contributed by atoms with Gasteiger partial charge in [0.05, 0.1) is 10.9 Å². The second-order valence-electron chi connectivity index (χ2n) is 3.03. The minimum atomic E-state index is -0.0857. The highest BCUT2D eigenvalue weighted by atomic mass is 32.1. The van der Waals surface area contributed by atoms with E-state index in [1.54, 1.807) is 0 Å². The Labute approximate surface area is 82.0 Å². The smallest absolute Gasteiger partial charge is 0.174 e. The molecule has 0 radical (unpaired) electrons. The van der Waals surface area contributed by atoms with Crippen molar-refractivity contribution in [1.82, 2.24) is 5.32 Å². The molecule has 1 fully saturated rings. The van der Waals surface area contributed by atoms with Gasteiger partial charge in [0, 0.05) is 12.1 Å². The van der Waals surface area contributed by atoms with E-state index in [0.717, 1.165) is 5.56 Å². The molecule has 1 aliphatic heterocycles. The summed E-state index contributed by atoms with van der Waals surface area (Å²) in [4.78, 5) is 12.4. The largest absolute Gasteiger partial charge is 0.378 e. The van der Waals surface area contributed by atoms with Gasteiger partial charge >= 0.3 is 0 Å². The Balaban J connectivity index is 2.18. The average molecular weight is 191 g/mol. The van der Waals surface area contributed by atoms with Crippen LogP contribution >= 0.6 is 12.2 Å². The molecule has 0 aliphatic carbocycles. The number of thiocarbonyl (C=S) groups is 1. The zero-order valence-electron chi connectivity index (χ0n) is 6.99. The minimum absolute atomic E-state index is 0.0857. The van der Waals surface area contributed by atoms with E-state index < -0.39 is 0 Å². The molecule has 1 aromatic rings. The molecule has 0 amide bonds. The molecule has 2 rings (SSSR count). The summed E-state index contributed by atoms with van der Waals surface area (Å²) in [6, 6.07) is 9.27. The first-order valence-corrected chi connectivity index (χ1v) is 4.57. The highest BCUT2D eigenvalue weighted by molar-refractivity contribution is 7.80. The van der Waals surface area contributed by atoms with Crippen LogP contribution in [-0.2, 0) is 0 Å². The first kappa shape index (κ1) is 8.38. The molecule has 66 valence electrons. The van der Waals surface area contributed by atoms with Crippen LogP contribution < -0.4 is 5.32 Å². The summed E-state index contributed by atoms with van der Waals surface area (Å²) < 4.78 is 0. The summed E-state index contributed by atoms with van der Waals surface area (Å²) in [5.74, 6) is 0.0433. The first-order chi connectivity index (χ1) is 6.29. The average Bonchev–Trinajstić information content (AvgIpc) is 2.17. The Kier molecular flexibility index (Phi) is 2.10. The molecular weight excluding hydrogens is 182 g/mol. The van der Waals surface area contributed by atoms with Crippen LogP contribution in [0.1, 0.15) is 10.4 Å². The number of ketones is 1. The number of carbonyl (C=O) groups excluding carboxylic acids is 1. The van der Waals surface area contributed by atoms with Crippen molar-refractivity contribution in [2.75, 3.05) is 6.54 Å². The standard InChI is InChI=1S/C10H9NOS/c12-9(8-6-11-10(8)13)7-4-2-1-3-5-7/h1-5,8H,6H2,(H,11,13). The van der Waals surface area contributed by atoms with Crippen molar-refractivity contribution in [3.8, 4) is 0 Å². The molecule has 1 atom stereocenters. The zero-order valence-corrected chi connectivity index (χ0v) is 7.80. The lowest BCUT2D eigenvalue weighted by Crippen LogP contribution is -2.51. The number of hydrogen-bond acceptors (Lipinski definition) is 2. The molecule has 1 saturated heterocycles. The zero-order chi connectivity index (χ0) is 9.26. The lowest BCUT2D eigenvalue weighted by molar-refractivity contribution is 0.0943. The molecule has 3 heteroatoms. The van der Waals surface area contributed by atoms with E-state index in [1.807, 2.05) is 30.3 Å². The highest BCUT2D eigenvalue weighted by Gasteiger charge is 2.31. The van der Waals surface area contributed by atoms with Gasteiger partial charge in [-0.05, 0) is 0 Å². The predicted octanol–water partition coefficient (Wildman–Crippen LogP) is 1.42. The van der Waals surface area contributed by atoms with Crippen molar-refractivity contribution in [3.05, 3.63) is 35.9 Å². The summed E-state index contributed by atoms with van der Waals surface area (Å²) >= 11 is 4.95. The number of Topliss-reactive ketones (excluding diaryl/α,β-unsaturated/α-hetero) is 1. The van der Waals surface area contributed by atoms with Crippen molar-refractivity contribution in [3.63, 3.8) is 0 Å². The number of nitrogens with one attached hydrogen (secondary N) is 1. The van der Waals surface area contributed by atoms with Crippen molar-refractivity contribution in [2.24, 2.45) is 5.92 Å². The van der Waals surface area contributed by atoms with Crippen molar-refractivity contribution in [2.45, 2.75) is 0 Å². The van der Waals surface area contributed by atoms with Gasteiger partial charge in [-0.3, -0.25) is 4.79 Å². The van der Waals surface area contributed by atoms with Crippen LogP contribution in [-0.4, -0.2) is 17.3 Å². The van der Waals surface area contributed by atoms with Crippen molar-refractivity contribution >= 4 is 23.0 Å². The van der Waals surface area contributed by atoms with Crippen LogP contribution in [0.3, 0.4) is 0 Å². The van der Waals surface area contributed by atoms with Crippen LogP contribution in [0.2, 0.25) is 0 Å². The highest BCUT2D eigenvalue weighted by Crippen LogP contribution is 2.14. The Morgan fingerprint density at radius 3 is 2.54 bits per heavy atom. The molecule has 0 spiro atoms. The van der Waals surface area contributed by atoms with E-state index in [4.69, 9.17) is 12.2 Å². The summed E-state index contributed by atoms with van der Waals surface area (Å²) in [6.45, 7) is 0.687. The van der Waals surface area contributed by atoms with E-state index in [-0.39, 0.29) is 11.7 Å². The maximum absolute atomic E-state index is 11.7. The molecule has 0 saturated carbocycles. The van der Waals surface area contributed by atoms with E-state index in [0.29, 0.717) is 11.5 Å². The summed E-state index contributed by atoms with van der Waals surface area (Å²) in [5.41, 5.74) is 0.747. The number of hydrogen-bond donors (Lipinski definition) is 1. The van der Waals surface area contributed by atoms with Gasteiger partial charge in [-0.2, -0.15) is 0 Å². The number of carbonyl (C=O) groups is 1. The van der Waals surface area contributed by atoms with E-state index >= 15 is 0 Å². The van der Waals surface area contributed by atoms with Crippen LogP contribution in [0.25, 0.3) is 0 Å². The molecule has 13 heavy (non-hydrogen) atoms. The van der Waals surface area contributed by atoms with Crippen LogP contribution in [0.15, 0.2) is 30.3 Å². The maximum atomic E-state index is 11.7. The van der Waals surface area contributed by atoms with Gasteiger partial charge < -0.3 is 5.32 Å². The molecule has 1 aromatic carbocycles. The van der Waals surface area contributed by atoms with Gasteiger partial charge in [0.1, 0.15) is 0 Å². The fourth-order valence-electron chi connectivity index (χ4n) is 1.30. The molecule has 0 aromatic heterocycles. The SMILES string of the molecule is O=C(c1ccccc1)C1CNC1=S. The van der Waals surface area contributed by atoms with Gasteiger partial charge in [-0.25, -0.2) is 0 Å². The lowest BCUT2D eigenvalue weighted by atomic mass is 9.93. The van der Waals surface area contributed by atoms with Crippen molar-refractivity contribution < 1.29 is 4.79 Å². The Hall–Kier alpha value is -1.22. The Morgan fingerprint density at radius 1 is 1.38 bits per heavy atom. The summed E-state index contributed by atoms with van der Waals surface area (Å²) in [5, 5.41) is 2.92. The Bertz CT molecular complexity index is 347. The lowest BCUT2D eigenvalue weighted by Gasteiger charge is -2.27.